The van der Waals surface area contributed by atoms with Gasteiger partial charge in [0.25, 0.3) is 0 Å². The molecule has 0 radical (unpaired) electrons. The van der Waals surface area contributed by atoms with E-state index in [1.807, 2.05) is 6.07 Å². The van der Waals surface area contributed by atoms with Crippen LogP contribution in [0.4, 0.5) is 5.69 Å². The molecule has 0 aliphatic carbocycles. The minimum absolute atomic E-state index is 0. The molecule has 3 N–H and O–H groups in total. The lowest BCUT2D eigenvalue weighted by Crippen LogP contribution is -2.36. The first kappa shape index (κ1) is 20.2. The summed E-state index contributed by atoms with van der Waals surface area (Å²) in [7, 11) is 0. The molecular formula is C16H29IN4. The molecule has 0 amide bonds. The lowest BCUT2D eigenvalue weighted by atomic mass is 10.1. The van der Waals surface area contributed by atoms with Crippen LogP contribution in [0.25, 0.3) is 0 Å². The second kappa shape index (κ2) is 10.00. The van der Waals surface area contributed by atoms with Gasteiger partial charge < -0.3 is 11.1 Å². The first-order valence-electron chi connectivity index (χ1n) is 7.36. The van der Waals surface area contributed by atoms with Crippen molar-refractivity contribution in [1.29, 1.82) is 0 Å². The third-order valence-corrected chi connectivity index (χ3v) is 3.74. The highest BCUT2D eigenvalue weighted by Gasteiger charge is 2.09. The van der Waals surface area contributed by atoms with Crippen molar-refractivity contribution in [3.05, 3.63) is 29.3 Å². The zero-order valence-corrected chi connectivity index (χ0v) is 16.1. The van der Waals surface area contributed by atoms with E-state index in [-0.39, 0.29) is 24.0 Å². The van der Waals surface area contributed by atoms with E-state index in [2.05, 4.69) is 62.0 Å². The molecule has 0 spiro atoms. The fourth-order valence-corrected chi connectivity index (χ4v) is 2.20. The third-order valence-electron chi connectivity index (χ3n) is 3.74. The summed E-state index contributed by atoms with van der Waals surface area (Å²) in [4.78, 5) is 6.80. The standard InChI is InChI=1S/C16H28N4.HI/c1-6-20(7-2)14(5)11-18-16(17)19-15-9-8-12(3)13(4)10-15;/h8-10,14H,6-7,11H2,1-5H3,(H3,17,18,19);1H. The number of nitrogens with one attached hydrogen (secondary N) is 1. The molecular weight excluding hydrogens is 375 g/mol. The summed E-state index contributed by atoms with van der Waals surface area (Å²) < 4.78 is 0. The average Bonchev–Trinajstić information content (AvgIpc) is 2.42. The van der Waals surface area contributed by atoms with Crippen LogP contribution >= 0.6 is 24.0 Å². The Kier molecular flexibility index (Phi) is 9.61. The molecule has 0 heterocycles. The zero-order valence-electron chi connectivity index (χ0n) is 13.8. The topological polar surface area (TPSA) is 53.6 Å². The predicted octanol–water partition coefficient (Wildman–Crippen LogP) is 3.38. The number of likely N-dealkylation sites (N-methyl/N-ethyl adjacent to an activating group) is 1. The van der Waals surface area contributed by atoms with Crippen molar-refractivity contribution in [2.45, 2.75) is 40.7 Å². The highest BCUT2D eigenvalue weighted by Crippen LogP contribution is 2.13. The summed E-state index contributed by atoms with van der Waals surface area (Å²) in [6, 6.07) is 6.61. The van der Waals surface area contributed by atoms with Crippen LogP contribution in [0.3, 0.4) is 0 Å². The molecule has 0 aliphatic rings. The molecule has 0 saturated carbocycles. The Balaban J connectivity index is 0.00000400. The van der Waals surface area contributed by atoms with Gasteiger partial charge in [0.2, 0.25) is 0 Å². The number of benzene rings is 1. The number of hydrogen-bond acceptors (Lipinski definition) is 2. The van der Waals surface area contributed by atoms with Crippen molar-refractivity contribution in [2.24, 2.45) is 10.7 Å². The number of aliphatic imine (C=N–C) groups is 1. The maximum atomic E-state index is 5.95. The molecule has 1 atom stereocenters. The van der Waals surface area contributed by atoms with Crippen LogP contribution in [0.1, 0.15) is 31.9 Å². The Morgan fingerprint density at radius 2 is 1.86 bits per heavy atom. The van der Waals surface area contributed by atoms with Crippen LogP contribution in [0.5, 0.6) is 0 Å². The van der Waals surface area contributed by atoms with Gasteiger partial charge in [0.15, 0.2) is 5.96 Å². The van der Waals surface area contributed by atoms with E-state index in [4.69, 9.17) is 5.73 Å². The number of anilines is 1. The van der Waals surface area contributed by atoms with Crippen LogP contribution in [-0.4, -0.2) is 36.5 Å². The number of hydrogen-bond donors (Lipinski definition) is 2. The van der Waals surface area contributed by atoms with Gasteiger partial charge in [0, 0.05) is 11.7 Å². The van der Waals surface area contributed by atoms with Crippen molar-refractivity contribution in [2.75, 3.05) is 25.0 Å². The van der Waals surface area contributed by atoms with Gasteiger partial charge in [-0.25, -0.2) is 0 Å². The van der Waals surface area contributed by atoms with Crippen molar-refractivity contribution < 1.29 is 0 Å². The van der Waals surface area contributed by atoms with Crippen molar-refractivity contribution in [3.63, 3.8) is 0 Å². The number of aryl methyl sites for hydroxylation is 2. The second-order valence-corrected chi connectivity index (χ2v) is 5.22. The quantitative estimate of drug-likeness (QED) is 0.434. The summed E-state index contributed by atoms with van der Waals surface area (Å²) in [5.41, 5.74) is 9.46. The molecule has 0 aliphatic heterocycles. The predicted molar refractivity (Wildman–Crippen MR) is 104 cm³/mol. The second-order valence-electron chi connectivity index (χ2n) is 5.22. The Labute approximate surface area is 146 Å². The minimum Gasteiger partial charge on any atom is -0.370 e. The number of rotatable bonds is 6. The van der Waals surface area contributed by atoms with Gasteiger partial charge in [-0.3, -0.25) is 9.89 Å². The Morgan fingerprint density at radius 1 is 1.24 bits per heavy atom. The van der Waals surface area contributed by atoms with Crippen molar-refractivity contribution >= 4 is 35.6 Å². The normalized spacial score (nSPS) is 13.0. The number of nitrogens with zero attached hydrogens (tertiary/aromatic N) is 2. The van der Waals surface area contributed by atoms with E-state index in [1.165, 1.54) is 11.1 Å². The number of nitrogens with two attached hydrogens (primary N) is 1. The smallest absolute Gasteiger partial charge is 0.193 e. The fraction of sp³-hybridized carbons (Fsp3) is 0.562. The van der Waals surface area contributed by atoms with E-state index in [9.17, 15) is 0 Å². The van der Waals surface area contributed by atoms with Crippen molar-refractivity contribution in [3.8, 4) is 0 Å². The van der Waals surface area contributed by atoms with Gasteiger partial charge in [0.05, 0.1) is 6.54 Å². The molecule has 1 aromatic carbocycles. The largest absolute Gasteiger partial charge is 0.370 e. The summed E-state index contributed by atoms with van der Waals surface area (Å²) in [5.74, 6) is 0.479. The molecule has 4 nitrogen and oxygen atoms in total. The SMILES string of the molecule is CCN(CC)C(C)CN=C(N)Nc1ccc(C)c(C)c1.I. The lowest BCUT2D eigenvalue weighted by Gasteiger charge is -2.24. The van der Waals surface area contributed by atoms with Crippen molar-refractivity contribution in [1.82, 2.24) is 4.90 Å². The summed E-state index contributed by atoms with van der Waals surface area (Å²) >= 11 is 0. The Morgan fingerprint density at radius 3 is 2.38 bits per heavy atom. The van der Waals surface area contributed by atoms with Gasteiger partial charge in [-0.1, -0.05) is 19.9 Å². The molecule has 1 rings (SSSR count). The highest BCUT2D eigenvalue weighted by molar-refractivity contribution is 14.0. The van der Waals surface area contributed by atoms with Crippen LogP contribution in [-0.2, 0) is 0 Å². The number of guanidine groups is 1. The average molecular weight is 404 g/mol. The van der Waals surface area contributed by atoms with E-state index in [0.29, 0.717) is 18.5 Å². The van der Waals surface area contributed by atoms with Gasteiger partial charge in [-0.15, -0.1) is 24.0 Å². The van der Waals surface area contributed by atoms with Gasteiger partial charge in [0.1, 0.15) is 0 Å². The van der Waals surface area contributed by atoms with Crippen LogP contribution in [0.2, 0.25) is 0 Å². The molecule has 0 fully saturated rings. The lowest BCUT2D eigenvalue weighted by molar-refractivity contribution is 0.237. The molecule has 0 aromatic heterocycles. The molecule has 21 heavy (non-hydrogen) atoms. The first-order chi connectivity index (χ1) is 9.47. The summed E-state index contributed by atoms with van der Waals surface area (Å²) in [6.07, 6.45) is 0. The van der Waals surface area contributed by atoms with Gasteiger partial charge in [-0.05, 0) is 57.1 Å². The number of halogens is 1. The Bertz CT molecular complexity index is 456. The summed E-state index contributed by atoms with van der Waals surface area (Å²) in [6.45, 7) is 13.5. The van der Waals surface area contributed by atoms with Gasteiger partial charge >= 0.3 is 0 Å². The molecule has 5 heteroatoms. The highest BCUT2D eigenvalue weighted by atomic mass is 127. The summed E-state index contributed by atoms with van der Waals surface area (Å²) in [5, 5.41) is 3.15. The van der Waals surface area contributed by atoms with E-state index in [1.54, 1.807) is 0 Å². The first-order valence-corrected chi connectivity index (χ1v) is 7.36. The fourth-order valence-electron chi connectivity index (χ4n) is 2.20. The molecule has 1 unspecified atom stereocenters. The van der Waals surface area contributed by atoms with E-state index in [0.717, 1.165) is 18.8 Å². The van der Waals surface area contributed by atoms with Crippen LogP contribution < -0.4 is 11.1 Å². The monoisotopic (exact) mass is 404 g/mol. The molecule has 0 saturated heterocycles. The Hall–Kier alpha value is -0.820. The molecule has 0 bridgehead atoms. The third kappa shape index (κ3) is 6.65. The zero-order chi connectivity index (χ0) is 15.1. The minimum atomic E-state index is 0. The van der Waals surface area contributed by atoms with E-state index < -0.39 is 0 Å². The maximum Gasteiger partial charge on any atom is 0.193 e. The van der Waals surface area contributed by atoms with Gasteiger partial charge in [-0.2, -0.15) is 0 Å². The molecule has 120 valence electrons. The van der Waals surface area contributed by atoms with Crippen LogP contribution in [0, 0.1) is 13.8 Å². The van der Waals surface area contributed by atoms with Crippen LogP contribution in [0.15, 0.2) is 23.2 Å². The maximum absolute atomic E-state index is 5.95. The van der Waals surface area contributed by atoms with E-state index >= 15 is 0 Å². The molecule has 1 aromatic rings.